The van der Waals surface area contributed by atoms with Gasteiger partial charge < -0.3 is 25.5 Å². The highest BCUT2D eigenvalue weighted by Gasteiger charge is 2.40. The van der Waals surface area contributed by atoms with Gasteiger partial charge in [-0.15, -0.1) is 12.4 Å². The van der Waals surface area contributed by atoms with Gasteiger partial charge in [-0.05, 0) is 0 Å². The van der Waals surface area contributed by atoms with Crippen LogP contribution in [-0.4, -0.2) is 62.7 Å². The maximum Gasteiger partial charge on any atom is 0.134 e. The van der Waals surface area contributed by atoms with Crippen LogP contribution in [0, 0.1) is 0 Å². The molecular formula is C6H14ClNO5. The fourth-order valence-corrected chi connectivity index (χ4v) is 1.20. The molecule has 1 aliphatic heterocycles. The Morgan fingerprint density at radius 1 is 0.923 bits per heavy atom. The van der Waals surface area contributed by atoms with Crippen molar-refractivity contribution in [2.75, 3.05) is 6.61 Å². The van der Waals surface area contributed by atoms with Gasteiger partial charge >= 0.3 is 0 Å². The summed E-state index contributed by atoms with van der Waals surface area (Å²) < 4.78 is 0. The van der Waals surface area contributed by atoms with Crippen molar-refractivity contribution in [2.45, 2.75) is 30.6 Å². The first-order chi connectivity index (χ1) is 5.57. The van der Waals surface area contributed by atoms with E-state index in [-0.39, 0.29) is 12.4 Å². The Kier molecular flexibility index (Phi) is 5.08. The van der Waals surface area contributed by atoms with Crippen LogP contribution in [-0.2, 0) is 0 Å². The first kappa shape index (κ1) is 13.1. The van der Waals surface area contributed by atoms with Crippen molar-refractivity contribution < 1.29 is 25.5 Å². The van der Waals surface area contributed by atoms with Gasteiger partial charge in [-0.25, -0.2) is 0 Å². The van der Waals surface area contributed by atoms with Crippen molar-refractivity contribution in [1.82, 2.24) is 5.32 Å². The van der Waals surface area contributed by atoms with E-state index in [1.165, 1.54) is 0 Å². The first-order valence-electron chi connectivity index (χ1n) is 3.67. The Morgan fingerprint density at radius 3 is 1.92 bits per heavy atom. The lowest BCUT2D eigenvalue weighted by Gasteiger charge is -2.38. The van der Waals surface area contributed by atoms with Crippen molar-refractivity contribution in [3.8, 4) is 0 Å². The highest BCUT2D eigenvalue weighted by atomic mass is 35.5. The van der Waals surface area contributed by atoms with Gasteiger partial charge in [0.05, 0.1) is 12.6 Å². The molecule has 0 saturated carbocycles. The van der Waals surface area contributed by atoms with Crippen LogP contribution in [0.25, 0.3) is 0 Å². The lowest BCUT2D eigenvalue weighted by molar-refractivity contribution is -0.161. The van der Waals surface area contributed by atoms with E-state index in [2.05, 4.69) is 5.32 Å². The fraction of sp³-hybridized carbons (Fsp3) is 1.00. The van der Waals surface area contributed by atoms with Gasteiger partial charge in [-0.1, -0.05) is 0 Å². The van der Waals surface area contributed by atoms with Gasteiger partial charge in [0.1, 0.15) is 24.5 Å². The third kappa shape index (κ3) is 2.50. The second-order valence-corrected chi connectivity index (χ2v) is 2.87. The highest BCUT2D eigenvalue weighted by molar-refractivity contribution is 5.85. The van der Waals surface area contributed by atoms with Gasteiger partial charge in [-0.3, -0.25) is 5.32 Å². The number of hydrogen-bond donors (Lipinski definition) is 6. The molecule has 1 fully saturated rings. The summed E-state index contributed by atoms with van der Waals surface area (Å²) in [5.74, 6) is 0. The van der Waals surface area contributed by atoms with Crippen molar-refractivity contribution in [3.63, 3.8) is 0 Å². The Hall–Kier alpha value is 0.0500. The molecule has 0 spiro atoms. The van der Waals surface area contributed by atoms with Crippen molar-refractivity contribution in [3.05, 3.63) is 0 Å². The Bertz CT molecular complexity index is 155. The van der Waals surface area contributed by atoms with Crippen molar-refractivity contribution in [2.24, 2.45) is 0 Å². The summed E-state index contributed by atoms with van der Waals surface area (Å²) in [6.07, 6.45) is -5.45. The summed E-state index contributed by atoms with van der Waals surface area (Å²) in [6, 6.07) is -0.807. The molecule has 0 aliphatic carbocycles. The zero-order valence-electron chi connectivity index (χ0n) is 6.74. The predicted octanol–water partition coefficient (Wildman–Crippen LogP) is -3.23. The molecular weight excluding hydrogens is 202 g/mol. The average Bonchev–Trinajstić information content (AvgIpc) is 2.08. The molecule has 0 radical (unpaired) electrons. The van der Waals surface area contributed by atoms with E-state index in [4.69, 9.17) is 20.4 Å². The number of halogens is 1. The second-order valence-electron chi connectivity index (χ2n) is 2.87. The molecule has 1 saturated heterocycles. The van der Waals surface area contributed by atoms with E-state index in [0.29, 0.717) is 0 Å². The van der Waals surface area contributed by atoms with Crippen LogP contribution < -0.4 is 5.32 Å². The van der Waals surface area contributed by atoms with Crippen LogP contribution in [0.3, 0.4) is 0 Å². The van der Waals surface area contributed by atoms with Crippen LogP contribution in [0.5, 0.6) is 0 Å². The molecule has 7 heteroatoms. The second kappa shape index (κ2) is 5.06. The summed E-state index contributed by atoms with van der Waals surface area (Å²) in [5, 5.41) is 47.3. The molecule has 6 nitrogen and oxygen atoms in total. The van der Waals surface area contributed by atoms with Crippen LogP contribution in [0.15, 0.2) is 0 Å². The lowest BCUT2D eigenvalue weighted by Crippen LogP contribution is -2.65. The quantitative estimate of drug-likeness (QED) is 0.274. The lowest BCUT2D eigenvalue weighted by atomic mass is 9.95. The monoisotopic (exact) mass is 215 g/mol. The smallest absolute Gasteiger partial charge is 0.134 e. The number of aliphatic hydroxyl groups is 5. The number of nitrogens with one attached hydrogen (secondary N) is 1. The predicted molar refractivity (Wildman–Crippen MR) is 45.3 cm³/mol. The van der Waals surface area contributed by atoms with Gasteiger partial charge in [0.2, 0.25) is 0 Å². The summed E-state index contributed by atoms with van der Waals surface area (Å²) >= 11 is 0. The normalized spacial score (nSPS) is 45.5. The van der Waals surface area contributed by atoms with Crippen molar-refractivity contribution in [1.29, 1.82) is 0 Å². The molecule has 1 rings (SSSR count). The van der Waals surface area contributed by atoms with Gasteiger partial charge in [-0.2, -0.15) is 0 Å². The van der Waals surface area contributed by atoms with E-state index in [9.17, 15) is 5.11 Å². The standard InChI is InChI=1S/C6H13NO5.ClH/c8-1-2-3(9)4(10)5(11)6(12)7-2;/h2-12H,1H2;1H/t2-,3-,4+,5-,6?;/m1./s1. The van der Waals surface area contributed by atoms with Crippen LogP contribution in [0.2, 0.25) is 0 Å². The third-order valence-electron chi connectivity index (χ3n) is 2.02. The summed E-state index contributed by atoms with van der Waals surface area (Å²) in [5.41, 5.74) is 0. The molecule has 6 N–H and O–H groups in total. The van der Waals surface area contributed by atoms with Crippen LogP contribution >= 0.6 is 12.4 Å². The molecule has 5 atom stereocenters. The van der Waals surface area contributed by atoms with E-state index in [1.54, 1.807) is 0 Å². The van der Waals surface area contributed by atoms with E-state index >= 15 is 0 Å². The summed E-state index contributed by atoms with van der Waals surface area (Å²) in [7, 11) is 0. The minimum atomic E-state index is -1.43. The van der Waals surface area contributed by atoms with Crippen LogP contribution in [0.1, 0.15) is 0 Å². The summed E-state index contributed by atoms with van der Waals surface area (Å²) in [6.45, 7) is -0.415. The molecule has 13 heavy (non-hydrogen) atoms. The van der Waals surface area contributed by atoms with E-state index < -0.39 is 37.2 Å². The highest BCUT2D eigenvalue weighted by Crippen LogP contribution is 2.13. The number of rotatable bonds is 1. The molecule has 0 aromatic carbocycles. The molecule has 80 valence electrons. The van der Waals surface area contributed by atoms with Gasteiger partial charge in [0.15, 0.2) is 0 Å². The zero-order valence-corrected chi connectivity index (χ0v) is 7.55. The first-order valence-corrected chi connectivity index (χ1v) is 3.67. The number of hydrogen-bond acceptors (Lipinski definition) is 6. The molecule has 1 heterocycles. The topological polar surface area (TPSA) is 113 Å². The fourth-order valence-electron chi connectivity index (χ4n) is 1.20. The maximum absolute atomic E-state index is 9.18. The molecule has 0 amide bonds. The Morgan fingerprint density at radius 2 is 1.46 bits per heavy atom. The molecule has 0 bridgehead atoms. The van der Waals surface area contributed by atoms with Gasteiger partial charge in [0, 0.05) is 0 Å². The van der Waals surface area contributed by atoms with Crippen LogP contribution in [0.4, 0.5) is 0 Å². The van der Waals surface area contributed by atoms with Crippen molar-refractivity contribution >= 4 is 12.4 Å². The maximum atomic E-state index is 9.18. The molecule has 1 aliphatic rings. The summed E-state index contributed by atoms with van der Waals surface area (Å²) in [4.78, 5) is 0. The number of aliphatic hydroxyl groups excluding tert-OH is 5. The third-order valence-corrected chi connectivity index (χ3v) is 2.02. The minimum Gasteiger partial charge on any atom is -0.395 e. The minimum absolute atomic E-state index is 0. The largest absolute Gasteiger partial charge is 0.395 e. The van der Waals surface area contributed by atoms with Gasteiger partial charge in [0.25, 0.3) is 0 Å². The Balaban J connectivity index is 0.00000144. The van der Waals surface area contributed by atoms with E-state index in [0.717, 1.165) is 0 Å². The molecule has 1 unspecified atom stereocenters. The number of piperidine rings is 1. The zero-order chi connectivity index (χ0) is 9.30. The SMILES string of the molecule is Cl.OC[C@H]1NC(O)[C@H](O)[C@@H](O)[C@@H]1O. The van der Waals surface area contributed by atoms with E-state index in [1.807, 2.05) is 0 Å². The average molecular weight is 216 g/mol. The molecule has 0 aromatic rings. The Labute approximate surface area is 81.2 Å². The molecule has 0 aromatic heterocycles.